The third-order valence-electron chi connectivity index (χ3n) is 5.99. The highest BCUT2D eigenvalue weighted by atomic mass is 16.2. The van der Waals surface area contributed by atoms with Crippen molar-refractivity contribution in [2.24, 2.45) is 5.41 Å². The second-order valence-electron chi connectivity index (χ2n) is 7.46. The molecule has 1 aliphatic carbocycles. The van der Waals surface area contributed by atoms with Crippen LogP contribution in [0.1, 0.15) is 49.3 Å². The summed E-state index contributed by atoms with van der Waals surface area (Å²) < 4.78 is 0. The Morgan fingerprint density at radius 3 is 2.36 bits per heavy atom. The summed E-state index contributed by atoms with van der Waals surface area (Å²) in [6.07, 6.45) is 5.13. The fourth-order valence-electron chi connectivity index (χ4n) is 4.75. The zero-order valence-corrected chi connectivity index (χ0v) is 14.7. The lowest BCUT2D eigenvalue weighted by atomic mass is 9.64. The van der Waals surface area contributed by atoms with Crippen LogP contribution in [-0.2, 0) is 11.3 Å². The molecule has 1 aliphatic heterocycles. The molecule has 1 heterocycles. The van der Waals surface area contributed by atoms with Gasteiger partial charge < -0.3 is 4.90 Å². The van der Waals surface area contributed by atoms with E-state index in [2.05, 4.69) is 47.9 Å². The van der Waals surface area contributed by atoms with E-state index in [1.807, 2.05) is 24.3 Å². The van der Waals surface area contributed by atoms with Gasteiger partial charge in [-0.1, -0.05) is 79.2 Å². The fraction of sp³-hybridized carbons (Fsp3) is 0.348. The van der Waals surface area contributed by atoms with Gasteiger partial charge in [-0.2, -0.15) is 0 Å². The topological polar surface area (TPSA) is 20.3 Å². The first-order valence-corrected chi connectivity index (χ1v) is 9.27. The quantitative estimate of drug-likeness (QED) is 0.701. The Morgan fingerprint density at radius 1 is 1.00 bits per heavy atom. The molecule has 25 heavy (non-hydrogen) atoms. The Hall–Kier alpha value is -2.35. The monoisotopic (exact) mass is 331 g/mol. The Labute approximate surface area is 150 Å². The number of carbonyl (C=O) groups excluding carboxylic acids is 1. The normalized spacial score (nSPS) is 26.4. The summed E-state index contributed by atoms with van der Waals surface area (Å²) in [6, 6.07) is 21.0. The van der Waals surface area contributed by atoms with E-state index in [0.29, 0.717) is 13.0 Å². The fourth-order valence-corrected chi connectivity index (χ4v) is 4.75. The van der Waals surface area contributed by atoms with Crippen LogP contribution in [0.25, 0.3) is 0 Å². The molecule has 0 aromatic heterocycles. The van der Waals surface area contributed by atoms with Crippen LogP contribution in [0.3, 0.4) is 0 Å². The maximum atomic E-state index is 13.1. The van der Waals surface area contributed by atoms with E-state index in [1.165, 1.54) is 29.5 Å². The second kappa shape index (κ2) is 6.51. The van der Waals surface area contributed by atoms with Crippen molar-refractivity contribution in [3.05, 3.63) is 83.9 Å². The molecule has 1 saturated carbocycles. The average molecular weight is 331 g/mol. The second-order valence-corrected chi connectivity index (χ2v) is 7.46. The highest BCUT2D eigenvalue weighted by molar-refractivity contribution is 5.81. The highest BCUT2D eigenvalue weighted by Gasteiger charge is 2.53. The summed E-state index contributed by atoms with van der Waals surface area (Å²) in [5.74, 6) is 0.265. The van der Waals surface area contributed by atoms with Gasteiger partial charge in [-0.25, -0.2) is 0 Å². The van der Waals surface area contributed by atoms with Crippen LogP contribution in [0.5, 0.6) is 0 Å². The van der Waals surface area contributed by atoms with Crippen molar-refractivity contribution in [2.75, 3.05) is 0 Å². The van der Waals surface area contributed by atoms with Gasteiger partial charge in [0.25, 0.3) is 0 Å². The van der Waals surface area contributed by atoms with E-state index in [1.54, 1.807) is 0 Å². The smallest absolute Gasteiger partial charge is 0.224 e. The standard InChI is InChI=1S/C23H25NO/c1-18-10-8-9-15-23(18)16-21(25)24(17-19-11-4-2-5-12-19)22(23)20-13-6-3-7-14-20/h2-7,11-14,22H,1,8-10,15-17H2. The summed E-state index contributed by atoms with van der Waals surface area (Å²) in [5.41, 5.74) is 3.62. The van der Waals surface area contributed by atoms with Crippen molar-refractivity contribution in [2.45, 2.75) is 44.7 Å². The van der Waals surface area contributed by atoms with Gasteiger partial charge in [0.1, 0.15) is 0 Å². The average Bonchev–Trinajstić information content (AvgIpc) is 2.92. The molecule has 0 radical (unpaired) electrons. The zero-order valence-electron chi connectivity index (χ0n) is 14.7. The first kappa shape index (κ1) is 16.1. The van der Waals surface area contributed by atoms with Gasteiger partial charge in [0.2, 0.25) is 5.91 Å². The first-order valence-electron chi connectivity index (χ1n) is 9.27. The third-order valence-corrected chi connectivity index (χ3v) is 5.99. The van der Waals surface area contributed by atoms with Gasteiger partial charge in [0.15, 0.2) is 0 Å². The Bertz CT molecular complexity index is 767. The molecule has 2 unspecified atom stereocenters. The molecule has 2 fully saturated rings. The van der Waals surface area contributed by atoms with E-state index in [-0.39, 0.29) is 17.4 Å². The minimum atomic E-state index is -0.0918. The molecular weight excluding hydrogens is 306 g/mol. The number of amides is 1. The molecular formula is C23H25NO. The van der Waals surface area contributed by atoms with Gasteiger partial charge in [-0.3, -0.25) is 4.79 Å². The zero-order chi connectivity index (χ0) is 17.3. The molecule has 2 aromatic rings. The number of benzene rings is 2. The molecule has 128 valence electrons. The number of hydrogen-bond donors (Lipinski definition) is 0. The van der Waals surface area contributed by atoms with Crippen LogP contribution in [0.4, 0.5) is 0 Å². The number of hydrogen-bond acceptors (Lipinski definition) is 1. The Kier molecular flexibility index (Phi) is 4.20. The molecule has 1 amide bonds. The molecule has 2 atom stereocenters. The van der Waals surface area contributed by atoms with Gasteiger partial charge in [0.05, 0.1) is 6.04 Å². The number of nitrogens with zero attached hydrogens (tertiary/aromatic N) is 1. The summed E-state index contributed by atoms with van der Waals surface area (Å²) in [5, 5.41) is 0. The lowest BCUT2D eigenvalue weighted by Crippen LogP contribution is -2.35. The SMILES string of the molecule is C=C1CCCCC12CC(=O)N(Cc1ccccc1)C2c1ccccc1. The third kappa shape index (κ3) is 2.80. The molecule has 1 saturated heterocycles. The summed E-state index contributed by atoms with van der Waals surface area (Å²) in [7, 11) is 0. The summed E-state index contributed by atoms with van der Waals surface area (Å²) in [4.78, 5) is 15.2. The maximum absolute atomic E-state index is 13.1. The van der Waals surface area contributed by atoms with Crippen molar-refractivity contribution in [1.29, 1.82) is 0 Å². The lowest BCUT2D eigenvalue weighted by Gasteiger charge is -2.42. The van der Waals surface area contributed by atoms with Crippen molar-refractivity contribution in [3.8, 4) is 0 Å². The van der Waals surface area contributed by atoms with Crippen LogP contribution in [-0.4, -0.2) is 10.8 Å². The van der Waals surface area contributed by atoms with Crippen LogP contribution in [0.15, 0.2) is 72.8 Å². The van der Waals surface area contributed by atoms with Crippen LogP contribution in [0, 0.1) is 5.41 Å². The summed E-state index contributed by atoms with van der Waals surface area (Å²) >= 11 is 0. The van der Waals surface area contributed by atoms with E-state index < -0.39 is 0 Å². The van der Waals surface area contributed by atoms with Crippen LogP contribution < -0.4 is 0 Å². The van der Waals surface area contributed by atoms with Crippen LogP contribution in [0.2, 0.25) is 0 Å². The lowest BCUT2D eigenvalue weighted by molar-refractivity contribution is -0.129. The molecule has 2 heteroatoms. The molecule has 0 bridgehead atoms. The van der Waals surface area contributed by atoms with Crippen LogP contribution >= 0.6 is 0 Å². The van der Waals surface area contributed by atoms with E-state index in [9.17, 15) is 4.79 Å². The number of rotatable bonds is 3. The van der Waals surface area contributed by atoms with Gasteiger partial charge in [-0.05, 0) is 30.4 Å². The van der Waals surface area contributed by atoms with Gasteiger partial charge in [-0.15, -0.1) is 0 Å². The van der Waals surface area contributed by atoms with Crippen molar-refractivity contribution in [3.63, 3.8) is 0 Å². The van der Waals surface area contributed by atoms with Crippen molar-refractivity contribution < 1.29 is 4.79 Å². The molecule has 4 rings (SSSR count). The Morgan fingerprint density at radius 2 is 1.68 bits per heavy atom. The van der Waals surface area contributed by atoms with Crippen molar-refractivity contribution >= 4 is 5.91 Å². The largest absolute Gasteiger partial charge is 0.330 e. The van der Waals surface area contributed by atoms with Gasteiger partial charge >= 0.3 is 0 Å². The molecule has 0 N–H and O–H groups in total. The van der Waals surface area contributed by atoms with Gasteiger partial charge in [0, 0.05) is 18.4 Å². The number of carbonyl (C=O) groups is 1. The Balaban J connectivity index is 1.77. The van der Waals surface area contributed by atoms with E-state index in [0.717, 1.165) is 12.8 Å². The number of likely N-dealkylation sites (tertiary alicyclic amines) is 1. The van der Waals surface area contributed by atoms with Crippen molar-refractivity contribution in [1.82, 2.24) is 4.90 Å². The molecule has 2 aromatic carbocycles. The maximum Gasteiger partial charge on any atom is 0.224 e. The van der Waals surface area contributed by atoms with E-state index in [4.69, 9.17) is 0 Å². The van der Waals surface area contributed by atoms with E-state index >= 15 is 0 Å². The molecule has 2 nitrogen and oxygen atoms in total. The predicted octanol–water partition coefficient (Wildman–Crippen LogP) is 5.28. The minimum absolute atomic E-state index is 0.0918. The minimum Gasteiger partial charge on any atom is -0.330 e. The highest BCUT2D eigenvalue weighted by Crippen LogP contribution is 2.58. The molecule has 2 aliphatic rings. The molecule has 1 spiro atoms. The summed E-state index contributed by atoms with van der Waals surface area (Å²) in [6.45, 7) is 5.10. The predicted molar refractivity (Wildman–Crippen MR) is 101 cm³/mol. The first-order chi connectivity index (χ1) is 12.2.